The summed E-state index contributed by atoms with van der Waals surface area (Å²) in [4.78, 5) is 10.9. The lowest BCUT2D eigenvalue weighted by atomic mass is 10.3. The topological polar surface area (TPSA) is 38.3 Å². The SMILES string of the molecule is CCOc1cc(Cl)c(Cl)cc1NC(C)=O. The predicted molar refractivity (Wildman–Crippen MR) is 61.9 cm³/mol. The summed E-state index contributed by atoms with van der Waals surface area (Å²) >= 11 is 11.7. The molecule has 1 aromatic carbocycles. The number of carbonyl (C=O) groups is 1. The van der Waals surface area contributed by atoms with Crippen molar-refractivity contribution in [1.82, 2.24) is 0 Å². The number of hydrogen-bond donors (Lipinski definition) is 1. The number of carbonyl (C=O) groups excluding carboxylic acids is 1. The number of amides is 1. The first kappa shape index (κ1) is 12.1. The highest BCUT2D eigenvalue weighted by molar-refractivity contribution is 6.42. The van der Waals surface area contributed by atoms with Gasteiger partial charge in [0.2, 0.25) is 5.91 Å². The van der Waals surface area contributed by atoms with Crippen molar-refractivity contribution in [3.63, 3.8) is 0 Å². The van der Waals surface area contributed by atoms with Crippen LogP contribution in [-0.2, 0) is 4.79 Å². The zero-order chi connectivity index (χ0) is 11.4. The molecular formula is C10H11Cl2NO2. The van der Waals surface area contributed by atoms with Gasteiger partial charge in [-0.25, -0.2) is 0 Å². The van der Waals surface area contributed by atoms with Gasteiger partial charge in [0, 0.05) is 13.0 Å². The van der Waals surface area contributed by atoms with E-state index in [4.69, 9.17) is 27.9 Å². The van der Waals surface area contributed by atoms with E-state index in [1.807, 2.05) is 6.92 Å². The van der Waals surface area contributed by atoms with Gasteiger partial charge >= 0.3 is 0 Å². The predicted octanol–water partition coefficient (Wildman–Crippen LogP) is 3.35. The summed E-state index contributed by atoms with van der Waals surface area (Å²) in [6, 6.07) is 3.15. The highest BCUT2D eigenvalue weighted by atomic mass is 35.5. The van der Waals surface area contributed by atoms with Gasteiger partial charge in [0.1, 0.15) is 5.75 Å². The van der Waals surface area contributed by atoms with E-state index in [1.165, 1.54) is 6.92 Å². The summed E-state index contributed by atoms with van der Waals surface area (Å²) in [5, 5.41) is 3.40. The maximum atomic E-state index is 10.9. The molecule has 0 fully saturated rings. The van der Waals surface area contributed by atoms with Crippen molar-refractivity contribution in [3.05, 3.63) is 22.2 Å². The maximum absolute atomic E-state index is 10.9. The molecule has 15 heavy (non-hydrogen) atoms. The molecule has 0 spiro atoms. The molecule has 1 rings (SSSR count). The van der Waals surface area contributed by atoms with Gasteiger partial charge in [-0.15, -0.1) is 0 Å². The van der Waals surface area contributed by atoms with Crippen LogP contribution in [0.3, 0.4) is 0 Å². The van der Waals surface area contributed by atoms with Crippen LogP contribution in [0.4, 0.5) is 5.69 Å². The van der Waals surface area contributed by atoms with Gasteiger partial charge in [0.15, 0.2) is 0 Å². The second kappa shape index (κ2) is 5.24. The minimum absolute atomic E-state index is 0.186. The first-order valence-corrected chi connectivity index (χ1v) is 5.19. The molecule has 5 heteroatoms. The molecule has 0 aliphatic rings. The maximum Gasteiger partial charge on any atom is 0.221 e. The molecule has 0 saturated heterocycles. The first-order valence-electron chi connectivity index (χ1n) is 4.44. The first-order chi connectivity index (χ1) is 7.04. The molecule has 0 saturated carbocycles. The fourth-order valence-electron chi connectivity index (χ4n) is 1.09. The van der Waals surface area contributed by atoms with Gasteiger partial charge in [-0.2, -0.15) is 0 Å². The molecule has 0 unspecified atom stereocenters. The molecule has 0 heterocycles. The number of hydrogen-bond acceptors (Lipinski definition) is 2. The van der Waals surface area contributed by atoms with Gasteiger partial charge in [-0.05, 0) is 13.0 Å². The summed E-state index contributed by atoms with van der Waals surface area (Å²) < 4.78 is 5.32. The Kier molecular flexibility index (Phi) is 4.24. The van der Waals surface area contributed by atoms with E-state index in [1.54, 1.807) is 12.1 Å². The molecule has 1 N–H and O–H groups in total. The fraction of sp³-hybridized carbons (Fsp3) is 0.300. The van der Waals surface area contributed by atoms with Gasteiger partial charge in [-0.1, -0.05) is 23.2 Å². The molecule has 0 aliphatic carbocycles. The molecule has 0 atom stereocenters. The molecule has 3 nitrogen and oxygen atoms in total. The summed E-state index contributed by atoms with van der Waals surface area (Å²) in [5.74, 6) is 0.330. The smallest absolute Gasteiger partial charge is 0.221 e. The Morgan fingerprint density at radius 2 is 2.00 bits per heavy atom. The van der Waals surface area contributed by atoms with E-state index in [0.717, 1.165) is 0 Å². The average molecular weight is 248 g/mol. The minimum Gasteiger partial charge on any atom is -0.492 e. The van der Waals surface area contributed by atoms with Gasteiger partial charge in [0.25, 0.3) is 0 Å². The Morgan fingerprint density at radius 3 is 2.53 bits per heavy atom. The van der Waals surface area contributed by atoms with E-state index in [0.29, 0.717) is 28.1 Å². The average Bonchev–Trinajstić information content (AvgIpc) is 2.13. The van der Waals surface area contributed by atoms with Gasteiger partial charge in [-0.3, -0.25) is 4.79 Å². The minimum atomic E-state index is -0.186. The van der Waals surface area contributed by atoms with Crippen molar-refractivity contribution < 1.29 is 9.53 Å². The standard InChI is InChI=1S/C10H11Cl2NO2/c1-3-15-10-5-8(12)7(11)4-9(10)13-6(2)14/h4-5H,3H2,1-2H3,(H,13,14). The largest absolute Gasteiger partial charge is 0.492 e. The third-order valence-electron chi connectivity index (χ3n) is 1.63. The molecule has 0 aliphatic heterocycles. The number of benzene rings is 1. The van der Waals surface area contributed by atoms with Crippen molar-refractivity contribution >= 4 is 34.8 Å². The highest BCUT2D eigenvalue weighted by Gasteiger charge is 2.09. The Bertz CT molecular complexity index is 380. The van der Waals surface area contributed by atoms with Crippen LogP contribution in [-0.4, -0.2) is 12.5 Å². The Hall–Kier alpha value is -0.930. The van der Waals surface area contributed by atoms with Crippen LogP contribution in [0.1, 0.15) is 13.8 Å². The van der Waals surface area contributed by atoms with E-state index in [-0.39, 0.29) is 5.91 Å². The van der Waals surface area contributed by atoms with E-state index >= 15 is 0 Å². The van der Waals surface area contributed by atoms with Gasteiger partial charge < -0.3 is 10.1 Å². The Balaban J connectivity index is 3.09. The number of rotatable bonds is 3. The molecular weight excluding hydrogens is 237 g/mol. The normalized spacial score (nSPS) is 9.87. The third-order valence-corrected chi connectivity index (χ3v) is 2.36. The van der Waals surface area contributed by atoms with Crippen molar-refractivity contribution in [2.75, 3.05) is 11.9 Å². The number of halogens is 2. The lowest BCUT2D eigenvalue weighted by Crippen LogP contribution is -2.08. The summed E-state index contributed by atoms with van der Waals surface area (Å²) in [6.45, 7) is 3.75. The third kappa shape index (κ3) is 3.29. The summed E-state index contributed by atoms with van der Waals surface area (Å²) in [5.41, 5.74) is 0.527. The number of nitrogens with one attached hydrogen (secondary N) is 1. The molecule has 0 radical (unpaired) electrons. The second-order valence-corrected chi connectivity index (χ2v) is 3.69. The molecule has 0 aromatic heterocycles. The monoisotopic (exact) mass is 247 g/mol. The van der Waals surface area contributed by atoms with Crippen LogP contribution in [0, 0.1) is 0 Å². The zero-order valence-corrected chi connectivity index (χ0v) is 9.95. The van der Waals surface area contributed by atoms with E-state index in [2.05, 4.69) is 5.32 Å². The van der Waals surface area contributed by atoms with Crippen LogP contribution in [0.2, 0.25) is 10.0 Å². The molecule has 0 bridgehead atoms. The van der Waals surface area contributed by atoms with Crippen LogP contribution in [0.15, 0.2) is 12.1 Å². The van der Waals surface area contributed by atoms with E-state index in [9.17, 15) is 4.79 Å². The van der Waals surface area contributed by atoms with E-state index < -0.39 is 0 Å². The summed E-state index contributed by atoms with van der Waals surface area (Å²) in [7, 11) is 0. The molecule has 82 valence electrons. The van der Waals surface area contributed by atoms with Crippen LogP contribution in [0.5, 0.6) is 5.75 Å². The Morgan fingerprint density at radius 1 is 1.40 bits per heavy atom. The highest BCUT2D eigenvalue weighted by Crippen LogP contribution is 2.34. The van der Waals surface area contributed by atoms with Crippen LogP contribution in [0.25, 0.3) is 0 Å². The Labute approximate surface area is 98.3 Å². The van der Waals surface area contributed by atoms with Crippen molar-refractivity contribution in [1.29, 1.82) is 0 Å². The zero-order valence-electron chi connectivity index (χ0n) is 8.43. The lowest BCUT2D eigenvalue weighted by Gasteiger charge is -2.11. The molecule has 1 aromatic rings. The van der Waals surface area contributed by atoms with Crippen molar-refractivity contribution in [3.8, 4) is 5.75 Å². The lowest BCUT2D eigenvalue weighted by molar-refractivity contribution is -0.114. The van der Waals surface area contributed by atoms with Crippen LogP contribution >= 0.6 is 23.2 Å². The van der Waals surface area contributed by atoms with Gasteiger partial charge in [0.05, 0.1) is 22.3 Å². The quantitative estimate of drug-likeness (QED) is 0.890. The molecule has 1 amide bonds. The number of anilines is 1. The number of ether oxygens (including phenoxy) is 1. The summed E-state index contributed by atoms with van der Waals surface area (Å²) in [6.07, 6.45) is 0. The van der Waals surface area contributed by atoms with Crippen molar-refractivity contribution in [2.45, 2.75) is 13.8 Å². The van der Waals surface area contributed by atoms with Crippen molar-refractivity contribution in [2.24, 2.45) is 0 Å². The van der Waals surface area contributed by atoms with Crippen LogP contribution < -0.4 is 10.1 Å². The fourth-order valence-corrected chi connectivity index (χ4v) is 1.41. The second-order valence-electron chi connectivity index (χ2n) is 2.88.